The van der Waals surface area contributed by atoms with Gasteiger partial charge in [0.25, 0.3) is 5.91 Å². The van der Waals surface area contributed by atoms with Crippen molar-refractivity contribution in [2.75, 3.05) is 38.7 Å². The lowest BCUT2D eigenvalue weighted by atomic mass is 9.80. The second-order valence-corrected chi connectivity index (χ2v) is 6.93. The molecule has 2 aromatic heterocycles. The van der Waals surface area contributed by atoms with Crippen molar-refractivity contribution in [3.8, 4) is 0 Å². The lowest BCUT2D eigenvalue weighted by molar-refractivity contribution is 0.0485. The minimum atomic E-state index is -0.251. The fraction of sp³-hybridized carbons (Fsp3) is 0.444. The first-order valence-corrected chi connectivity index (χ1v) is 8.40. The Balaban J connectivity index is 1.65. The Labute approximate surface area is 146 Å². The molecule has 7 nitrogen and oxygen atoms in total. The summed E-state index contributed by atoms with van der Waals surface area (Å²) in [5, 5.41) is 0. The number of pyridine rings is 1. The monoisotopic (exact) mass is 339 g/mol. The van der Waals surface area contributed by atoms with Crippen LogP contribution in [0.2, 0.25) is 0 Å². The molecule has 25 heavy (non-hydrogen) atoms. The first-order chi connectivity index (χ1) is 12.1. The molecular formula is C18H21N5O2. The van der Waals surface area contributed by atoms with E-state index < -0.39 is 0 Å². The van der Waals surface area contributed by atoms with Crippen LogP contribution in [-0.2, 0) is 16.8 Å². The van der Waals surface area contributed by atoms with Gasteiger partial charge in [-0.05, 0) is 18.6 Å². The second kappa shape index (κ2) is 6.07. The molecular weight excluding hydrogens is 318 g/mol. The number of nitrogens with zero attached hydrogens (tertiary/aromatic N) is 5. The summed E-state index contributed by atoms with van der Waals surface area (Å²) >= 11 is 0. The van der Waals surface area contributed by atoms with Crippen molar-refractivity contribution < 1.29 is 9.53 Å². The van der Waals surface area contributed by atoms with Crippen molar-refractivity contribution in [2.24, 2.45) is 0 Å². The quantitative estimate of drug-likeness (QED) is 0.820. The molecule has 1 fully saturated rings. The van der Waals surface area contributed by atoms with Crippen LogP contribution in [0, 0.1) is 0 Å². The van der Waals surface area contributed by atoms with Crippen molar-refractivity contribution in [1.29, 1.82) is 0 Å². The Bertz CT molecular complexity index is 795. The zero-order valence-corrected chi connectivity index (χ0v) is 14.5. The Kier molecular flexibility index (Phi) is 3.88. The Morgan fingerprint density at radius 3 is 3.00 bits per heavy atom. The number of carbonyl (C=O) groups excluding carboxylic acids is 1. The van der Waals surface area contributed by atoms with Crippen molar-refractivity contribution in [2.45, 2.75) is 18.4 Å². The van der Waals surface area contributed by atoms with Gasteiger partial charge in [-0.15, -0.1) is 0 Å². The van der Waals surface area contributed by atoms with E-state index in [4.69, 9.17) is 9.72 Å². The molecule has 0 saturated carbocycles. The molecule has 0 N–H and O–H groups in total. The van der Waals surface area contributed by atoms with Crippen molar-refractivity contribution in [1.82, 2.24) is 19.9 Å². The maximum atomic E-state index is 12.8. The highest BCUT2D eigenvalue weighted by Gasteiger charge is 2.46. The molecule has 0 radical (unpaired) electrons. The molecule has 1 atom stereocenters. The number of hydrogen-bond donors (Lipinski definition) is 0. The van der Waals surface area contributed by atoms with E-state index >= 15 is 0 Å². The van der Waals surface area contributed by atoms with Crippen LogP contribution in [0.25, 0.3) is 0 Å². The summed E-state index contributed by atoms with van der Waals surface area (Å²) in [5.41, 5.74) is 2.42. The lowest BCUT2D eigenvalue weighted by Crippen LogP contribution is -2.42. The van der Waals surface area contributed by atoms with Gasteiger partial charge in [0.05, 0.1) is 29.9 Å². The van der Waals surface area contributed by atoms with Gasteiger partial charge in [-0.2, -0.15) is 0 Å². The lowest BCUT2D eigenvalue weighted by Gasteiger charge is -2.34. The average molecular weight is 339 g/mol. The van der Waals surface area contributed by atoms with Crippen LogP contribution in [0.3, 0.4) is 0 Å². The number of carbonyl (C=O) groups is 1. The highest BCUT2D eigenvalue weighted by molar-refractivity contribution is 5.94. The third kappa shape index (κ3) is 2.74. The van der Waals surface area contributed by atoms with Crippen molar-refractivity contribution in [3.63, 3.8) is 0 Å². The number of amides is 1. The van der Waals surface area contributed by atoms with Crippen LogP contribution in [-0.4, -0.2) is 59.6 Å². The van der Waals surface area contributed by atoms with Crippen molar-refractivity contribution in [3.05, 3.63) is 47.5 Å². The molecule has 4 rings (SSSR count). The highest BCUT2D eigenvalue weighted by atomic mass is 16.5. The highest BCUT2D eigenvalue weighted by Crippen LogP contribution is 2.39. The molecule has 2 aliphatic rings. The Morgan fingerprint density at radius 2 is 2.24 bits per heavy atom. The van der Waals surface area contributed by atoms with Gasteiger partial charge >= 0.3 is 0 Å². The molecule has 0 aliphatic carbocycles. The van der Waals surface area contributed by atoms with E-state index in [1.165, 1.54) is 0 Å². The summed E-state index contributed by atoms with van der Waals surface area (Å²) in [5.74, 6) is 0.705. The van der Waals surface area contributed by atoms with E-state index in [0.29, 0.717) is 37.8 Å². The fourth-order valence-electron chi connectivity index (χ4n) is 3.63. The molecule has 1 saturated heterocycles. The van der Waals surface area contributed by atoms with Gasteiger partial charge in [0, 0.05) is 51.3 Å². The van der Waals surface area contributed by atoms with Gasteiger partial charge in [0.2, 0.25) is 5.95 Å². The SMILES string of the molecule is CN(C)c1ncc2c(n1)[C@]1(CCN(C(=O)c3cccnc3)C1)COC2. The molecule has 2 aliphatic heterocycles. The number of likely N-dealkylation sites (tertiary alicyclic amines) is 1. The minimum absolute atomic E-state index is 0.0130. The first kappa shape index (κ1) is 16.0. The summed E-state index contributed by atoms with van der Waals surface area (Å²) in [6, 6.07) is 3.59. The first-order valence-electron chi connectivity index (χ1n) is 8.40. The van der Waals surface area contributed by atoms with Crippen LogP contribution >= 0.6 is 0 Å². The Hall–Kier alpha value is -2.54. The number of aromatic nitrogens is 3. The summed E-state index contributed by atoms with van der Waals surface area (Å²) in [4.78, 5) is 29.8. The predicted molar refractivity (Wildman–Crippen MR) is 92.5 cm³/mol. The fourth-order valence-corrected chi connectivity index (χ4v) is 3.63. The summed E-state index contributed by atoms with van der Waals surface area (Å²) < 4.78 is 5.82. The van der Waals surface area contributed by atoms with Crippen LogP contribution in [0.4, 0.5) is 5.95 Å². The van der Waals surface area contributed by atoms with Crippen LogP contribution < -0.4 is 4.90 Å². The molecule has 7 heteroatoms. The van der Waals surface area contributed by atoms with Gasteiger partial charge in [-0.3, -0.25) is 9.78 Å². The van der Waals surface area contributed by atoms with Gasteiger partial charge in [-0.25, -0.2) is 9.97 Å². The zero-order valence-electron chi connectivity index (χ0n) is 14.5. The number of anilines is 1. The minimum Gasteiger partial charge on any atom is -0.376 e. The van der Waals surface area contributed by atoms with Crippen molar-refractivity contribution >= 4 is 11.9 Å². The number of hydrogen-bond acceptors (Lipinski definition) is 6. The molecule has 130 valence electrons. The van der Waals surface area contributed by atoms with E-state index in [0.717, 1.165) is 17.7 Å². The van der Waals surface area contributed by atoms with E-state index in [1.54, 1.807) is 24.5 Å². The molecule has 0 aromatic carbocycles. The number of rotatable bonds is 2. The van der Waals surface area contributed by atoms with Crippen LogP contribution in [0.15, 0.2) is 30.7 Å². The molecule has 2 aromatic rings. The Morgan fingerprint density at radius 1 is 1.36 bits per heavy atom. The standard InChI is InChI=1S/C18H21N5O2/c1-22(2)17-20-9-14-10-25-12-18(15(14)21-17)5-7-23(11-18)16(24)13-4-3-6-19-8-13/h3-4,6,8-9H,5,7,10-12H2,1-2H3/t18-/m0/s1. The third-order valence-corrected chi connectivity index (χ3v) is 4.94. The summed E-state index contributed by atoms with van der Waals surface area (Å²) in [7, 11) is 3.86. The number of fused-ring (bicyclic) bond motifs is 2. The van der Waals surface area contributed by atoms with Gasteiger partial charge in [0.1, 0.15) is 0 Å². The van der Waals surface area contributed by atoms with Gasteiger partial charge in [0.15, 0.2) is 0 Å². The molecule has 0 bridgehead atoms. The number of ether oxygens (including phenoxy) is 1. The predicted octanol–water partition coefficient (Wildman–Crippen LogP) is 1.25. The topological polar surface area (TPSA) is 71.5 Å². The second-order valence-electron chi connectivity index (χ2n) is 6.93. The normalized spacial score (nSPS) is 22.1. The summed E-state index contributed by atoms with van der Waals surface area (Å²) in [6.45, 7) is 2.41. The molecule has 4 heterocycles. The van der Waals surface area contributed by atoms with Gasteiger partial charge in [-0.1, -0.05) is 0 Å². The maximum absolute atomic E-state index is 12.8. The maximum Gasteiger partial charge on any atom is 0.255 e. The molecule has 0 unspecified atom stereocenters. The average Bonchev–Trinajstić information content (AvgIpc) is 3.06. The van der Waals surface area contributed by atoms with Crippen LogP contribution in [0.1, 0.15) is 28.0 Å². The third-order valence-electron chi connectivity index (χ3n) is 4.94. The summed E-state index contributed by atoms with van der Waals surface area (Å²) in [6.07, 6.45) is 5.98. The van der Waals surface area contributed by atoms with E-state index in [2.05, 4.69) is 9.97 Å². The van der Waals surface area contributed by atoms with E-state index in [9.17, 15) is 4.79 Å². The van der Waals surface area contributed by atoms with Gasteiger partial charge < -0.3 is 14.5 Å². The van der Waals surface area contributed by atoms with E-state index in [-0.39, 0.29) is 11.3 Å². The molecule has 1 spiro atoms. The van der Waals surface area contributed by atoms with E-state index in [1.807, 2.05) is 30.1 Å². The molecule has 1 amide bonds. The largest absolute Gasteiger partial charge is 0.376 e. The zero-order chi connectivity index (χ0) is 17.4. The smallest absolute Gasteiger partial charge is 0.255 e. The van der Waals surface area contributed by atoms with Crippen LogP contribution in [0.5, 0.6) is 0 Å².